The maximum Gasteiger partial charge on any atom is 0.0502 e. The number of hydrogen-bond acceptors (Lipinski definition) is 1. The largest absolute Gasteiger partial charge is 0.384 e. The molecule has 0 N–H and O–H groups in total. The molecule has 1 heteroatoms. The smallest absolute Gasteiger partial charge is 0.0502 e. The average Bonchev–Trinajstić information content (AvgIpc) is 2.25. The van der Waals surface area contributed by atoms with Gasteiger partial charge in [-0.2, -0.15) is 0 Å². The molecular weight excluding hydrogens is 184 g/mol. The average molecular weight is 206 g/mol. The summed E-state index contributed by atoms with van der Waals surface area (Å²) in [5, 5.41) is 0. The van der Waals surface area contributed by atoms with Gasteiger partial charge in [-0.1, -0.05) is 31.5 Å². The summed E-state index contributed by atoms with van der Waals surface area (Å²) in [6, 6.07) is 6.80. The summed E-state index contributed by atoms with van der Waals surface area (Å²) in [7, 11) is 1.75. The van der Waals surface area contributed by atoms with Crippen molar-refractivity contribution in [1.29, 1.82) is 0 Å². The zero-order valence-corrected chi connectivity index (χ0v) is 10.2. The van der Waals surface area contributed by atoms with Gasteiger partial charge in [-0.05, 0) is 42.9 Å². The number of hydrogen-bond donors (Lipinski definition) is 0. The Labute approximate surface area is 93.5 Å². The monoisotopic (exact) mass is 206 g/mol. The molecule has 0 amide bonds. The first-order valence-electron chi connectivity index (χ1n) is 5.85. The Hall–Kier alpha value is -0.820. The fourth-order valence-corrected chi connectivity index (χ4v) is 1.78. The molecule has 84 valence electrons. The van der Waals surface area contributed by atoms with E-state index in [0.29, 0.717) is 0 Å². The van der Waals surface area contributed by atoms with Gasteiger partial charge in [-0.15, -0.1) is 0 Å². The summed E-state index contributed by atoms with van der Waals surface area (Å²) in [4.78, 5) is 0. The molecule has 0 unspecified atom stereocenters. The van der Waals surface area contributed by atoms with E-state index in [9.17, 15) is 0 Å². The Morgan fingerprint density at radius 2 is 2.00 bits per heavy atom. The predicted molar refractivity (Wildman–Crippen MR) is 65.4 cm³/mol. The molecule has 0 aliphatic rings. The fraction of sp³-hybridized carbons (Fsp3) is 0.571. The summed E-state index contributed by atoms with van der Waals surface area (Å²) >= 11 is 0. The molecule has 0 atom stereocenters. The lowest BCUT2D eigenvalue weighted by atomic mass is 9.99. The van der Waals surface area contributed by atoms with Gasteiger partial charge in [0.25, 0.3) is 0 Å². The number of ether oxygens (including phenoxy) is 1. The van der Waals surface area contributed by atoms with Crippen LogP contribution in [0.2, 0.25) is 0 Å². The molecule has 0 radical (unpaired) electrons. The summed E-state index contributed by atoms with van der Waals surface area (Å²) in [5.41, 5.74) is 4.31. The molecule has 0 aliphatic heterocycles. The van der Waals surface area contributed by atoms with Gasteiger partial charge in [-0.3, -0.25) is 0 Å². The van der Waals surface area contributed by atoms with Gasteiger partial charge in [0, 0.05) is 7.11 Å². The highest BCUT2D eigenvalue weighted by Gasteiger charge is 1.99. The van der Waals surface area contributed by atoms with Crippen LogP contribution in [0.5, 0.6) is 0 Å². The summed E-state index contributed by atoms with van der Waals surface area (Å²) in [6.07, 6.45) is 4.79. The molecule has 1 rings (SSSR count). The van der Waals surface area contributed by atoms with Crippen LogP contribution in [0.4, 0.5) is 0 Å². The first kappa shape index (κ1) is 12.3. The van der Waals surface area contributed by atoms with Crippen molar-refractivity contribution < 1.29 is 4.74 Å². The molecule has 0 saturated carbocycles. The third-order valence-corrected chi connectivity index (χ3v) is 2.80. The lowest BCUT2D eigenvalue weighted by Crippen LogP contribution is -1.97. The number of rotatable bonds is 6. The summed E-state index contributed by atoms with van der Waals surface area (Å²) < 4.78 is 5.08. The molecule has 0 fully saturated rings. The SMILES string of the molecule is CCCCc1ccc(CCOC)cc1C. The highest BCUT2D eigenvalue weighted by molar-refractivity contribution is 5.31. The van der Waals surface area contributed by atoms with Crippen LogP contribution in [0.1, 0.15) is 36.5 Å². The van der Waals surface area contributed by atoms with Crippen LogP contribution < -0.4 is 0 Å². The Morgan fingerprint density at radius 1 is 1.20 bits per heavy atom. The molecule has 0 aliphatic carbocycles. The first-order valence-corrected chi connectivity index (χ1v) is 5.85. The lowest BCUT2D eigenvalue weighted by Gasteiger charge is -2.08. The Balaban J connectivity index is 2.61. The summed E-state index contributed by atoms with van der Waals surface area (Å²) in [5.74, 6) is 0. The highest BCUT2D eigenvalue weighted by atomic mass is 16.5. The van der Waals surface area contributed by atoms with Crippen molar-refractivity contribution in [1.82, 2.24) is 0 Å². The van der Waals surface area contributed by atoms with Crippen LogP contribution in [0.15, 0.2) is 18.2 Å². The van der Waals surface area contributed by atoms with Crippen LogP contribution in [-0.4, -0.2) is 13.7 Å². The molecule has 0 heterocycles. The van der Waals surface area contributed by atoms with E-state index < -0.39 is 0 Å². The van der Waals surface area contributed by atoms with Gasteiger partial charge in [0.05, 0.1) is 6.61 Å². The fourth-order valence-electron chi connectivity index (χ4n) is 1.78. The van der Waals surface area contributed by atoms with E-state index in [1.54, 1.807) is 7.11 Å². The standard InChI is InChI=1S/C14H22O/c1-4-5-6-14-8-7-13(9-10-15-3)11-12(14)2/h7-8,11H,4-6,9-10H2,1-3H3. The normalized spacial score (nSPS) is 10.6. The van der Waals surface area contributed by atoms with Gasteiger partial charge in [0.1, 0.15) is 0 Å². The first-order chi connectivity index (χ1) is 7.27. The summed E-state index contributed by atoms with van der Waals surface area (Å²) in [6.45, 7) is 5.26. The van der Waals surface area contributed by atoms with Crippen LogP contribution in [0.25, 0.3) is 0 Å². The molecular formula is C14H22O. The van der Waals surface area contributed by atoms with Gasteiger partial charge >= 0.3 is 0 Å². The van der Waals surface area contributed by atoms with Crippen molar-refractivity contribution in [2.24, 2.45) is 0 Å². The second-order valence-electron chi connectivity index (χ2n) is 4.11. The Kier molecular flexibility index (Phi) is 5.41. The third-order valence-electron chi connectivity index (χ3n) is 2.80. The molecule has 0 aromatic heterocycles. The van der Waals surface area contributed by atoms with Crippen LogP contribution in [0.3, 0.4) is 0 Å². The Bertz CT molecular complexity index is 291. The van der Waals surface area contributed by atoms with Crippen LogP contribution in [-0.2, 0) is 17.6 Å². The molecule has 1 aromatic rings. The molecule has 1 nitrogen and oxygen atoms in total. The molecule has 0 spiro atoms. The van der Waals surface area contributed by atoms with E-state index in [-0.39, 0.29) is 0 Å². The van der Waals surface area contributed by atoms with E-state index in [1.807, 2.05) is 0 Å². The topological polar surface area (TPSA) is 9.23 Å². The van der Waals surface area contributed by atoms with E-state index >= 15 is 0 Å². The van der Waals surface area contributed by atoms with Crippen LogP contribution >= 0.6 is 0 Å². The highest BCUT2D eigenvalue weighted by Crippen LogP contribution is 2.14. The maximum absolute atomic E-state index is 5.08. The van der Waals surface area contributed by atoms with Crippen molar-refractivity contribution in [3.8, 4) is 0 Å². The number of methoxy groups -OCH3 is 1. The number of aryl methyl sites for hydroxylation is 2. The quantitative estimate of drug-likeness (QED) is 0.692. The van der Waals surface area contributed by atoms with Crippen molar-refractivity contribution in [2.75, 3.05) is 13.7 Å². The second-order valence-corrected chi connectivity index (χ2v) is 4.11. The number of unbranched alkanes of at least 4 members (excludes halogenated alkanes) is 1. The van der Waals surface area contributed by atoms with E-state index in [2.05, 4.69) is 32.0 Å². The molecule has 1 aromatic carbocycles. The Morgan fingerprint density at radius 3 is 2.60 bits per heavy atom. The van der Waals surface area contributed by atoms with E-state index in [0.717, 1.165) is 13.0 Å². The maximum atomic E-state index is 5.08. The van der Waals surface area contributed by atoms with Gasteiger partial charge in [0.15, 0.2) is 0 Å². The molecule has 15 heavy (non-hydrogen) atoms. The predicted octanol–water partition coefficient (Wildman–Crippen LogP) is 3.53. The van der Waals surface area contributed by atoms with Crippen molar-refractivity contribution >= 4 is 0 Å². The minimum atomic E-state index is 0.813. The second kappa shape index (κ2) is 6.62. The van der Waals surface area contributed by atoms with Crippen LogP contribution in [0, 0.1) is 6.92 Å². The van der Waals surface area contributed by atoms with E-state index in [4.69, 9.17) is 4.74 Å². The lowest BCUT2D eigenvalue weighted by molar-refractivity contribution is 0.202. The van der Waals surface area contributed by atoms with Crippen molar-refractivity contribution in [3.63, 3.8) is 0 Å². The van der Waals surface area contributed by atoms with E-state index in [1.165, 1.54) is 36.0 Å². The zero-order chi connectivity index (χ0) is 11.1. The molecule has 0 bridgehead atoms. The van der Waals surface area contributed by atoms with Gasteiger partial charge < -0.3 is 4.74 Å². The van der Waals surface area contributed by atoms with Gasteiger partial charge in [-0.25, -0.2) is 0 Å². The number of benzene rings is 1. The van der Waals surface area contributed by atoms with Gasteiger partial charge in [0.2, 0.25) is 0 Å². The minimum absolute atomic E-state index is 0.813. The molecule has 0 saturated heterocycles. The third kappa shape index (κ3) is 4.05. The minimum Gasteiger partial charge on any atom is -0.384 e. The van der Waals surface area contributed by atoms with Crippen molar-refractivity contribution in [3.05, 3.63) is 34.9 Å². The zero-order valence-electron chi connectivity index (χ0n) is 10.2. The van der Waals surface area contributed by atoms with Crippen molar-refractivity contribution in [2.45, 2.75) is 39.5 Å².